The van der Waals surface area contributed by atoms with Crippen molar-refractivity contribution in [3.05, 3.63) is 64.7 Å². The number of ether oxygens (including phenoxy) is 1. The number of thioether (sulfide) groups is 1. The van der Waals surface area contributed by atoms with Gasteiger partial charge in [-0.3, -0.25) is 4.79 Å². The number of benzene rings is 2. The number of allylic oxidation sites excluding steroid dienone is 1. The Labute approximate surface area is 151 Å². The second-order valence-electron chi connectivity index (χ2n) is 5.59. The molecule has 0 spiro atoms. The highest BCUT2D eigenvalue weighted by Crippen LogP contribution is 2.25. The van der Waals surface area contributed by atoms with Gasteiger partial charge in [0.15, 0.2) is 12.4 Å². The number of aliphatic carboxylic acids is 1. The van der Waals surface area contributed by atoms with Gasteiger partial charge in [-0.05, 0) is 79.3 Å². The zero-order valence-corrected chi connectivity index (χ0v) is 15.2. The van der Waals surface area contributed by atoms with Gasteiger partial charge < -0.3 is 9.84 Å². The fraction of sp³-hybridized carbons (Fsp3) is 0.200. The predicted octanol–water partition coefficient (Wildman–Crippen LogP) is 4.38. The van der Waals surface area contributed by atoms with E-state index in [1.807, 2.05) is 56.5 Å². The van der Waals surface area contributed by atoms with Crippen molar-refractivity contribution >= 4 is 29.6 Å². The van der Waals surface area contributed by atoms with Crippen LogP contribution in [0.4, 0.5) is 0 Å². The van der Waals surface area contributed by atoms with Crippen LogP contribution in [0.3, 0.4) is 0 Å². The molecule has 0 aromatic heterocycles. The van der Waals surface area contributed by atoms with Gasteiger partial charge in [-0.15, -0.1) is 11.8 Å². The molecule has 0 fully saturated rings. The first-order valence-electron chi connectivity index (χ1n) is 7.73. The van der Waals surface area contributed by atoms with Crippen molar-refractivity contribution in [1.29, 1.82) is 0 Å². The number of hydrogen-bond acceptors (Lipinski definition) is 4. The molecule has 0 unspecified atom stereocenters. The zero-order chi connectivity index (χ0) is 18.4. The van der Waals surface area contributed by atoms with Crippen LogP contribution in [0.15, 0.2) is 47.4 Å². The molecule has 0 saturated carbocycles. The zero-order valence-electron chi connectivity index (χ0n) is 14.4. The molecule has 5 heteroatoms. The van der Waals surface area contributed by atoms with Crippen molar-refractivity contribution in [2.75, 3.05) is 12.9 Å². The van der Waals surface area contributed by atoms with Crippen molar-refractivity contribution < 1.29 is 19.4 Å². The Hall–Kier alpha value is -2.53. The Balaban J connectivity index is 2.14. The number of ketones is 1. The lowest BCUT2D eigenvalue weighted by Crippen LogP contribution is -2.11. The lowest BCUT2D eigenvalue weighted by Gasteiger charge is -2.11. The summed E-state index contributed by atoms with van der Waals surface area (Å²) in [5, 5.41) is 8.72. The Morgan fingerprint density at radius 2 is 1.72 bits per heavy atom. The van der Waals surface area contributed by atoms with Crippen molar-refractivity contribution in [2.24, 2.45) is 0 Å². The van der Waals surface area contributed by atoms with E-state index in [4.69, 9.17) is 9.84 Å². The van der Waals surface area contributed by atoms with Crippen LogP contribution >= 0.6 is 11.8 Å². The van der Waals surface area contributed by atoms with E-state index in [-0.39, 0.29) is 12.4 Å². The summed E-state index contributed by atoms with van der Waals surface area (Å²) in [5.41, 5.74) is 3.17. The summed E-state index contributed by atoms with van der Waals surface area (Å²) in [7, 11) is 0. The normalized spacial score (nSPS) is 10.8. The van der Waals surface area contributed by atoms with Gasteiger partial charge in [0.25, 0.3) is 0 Å². The fourth-order valence-corrected chi connectivity index (χ4v) is 2.87. The van der Waals surface area contributed by atoms with Gasteiger partial charge in [0, 0.05) is 10.5 Å². The maximum atomic E-state index is 12.2. The van der Waals surface area contributed by atoms with E-state index in [1.165, 1.54) is 0 Å². The fourth-order valence-electron chi connectivity index (χ4n) is 2.46. The molecule has 0 saturated heterocycles. The number of rotatable bonds is 7. The van der Waals surface area contributed by atoms with Crippen molar-refractivity contribution in [1.82, 2.24) is 0 Å². The molecule has 0 bridgehead atoms. The number of carboxylic acid groups (broad SMARTS) is 1. The molecule has 0 radical (unpaired) electrons. The molecule has 0 aliphatic rings. The lowest BCUT2D eigenvalue weighted by molar-refractivity contribution is -0.139. The number of aryl methyl sites for hydroxylation is 2. The molecular weight excluding hydrogens is 336 g/mol. The average molecular weight is 356 g/mol. The lowest BCUT2D eigenvalue weighted by atomic mass is 10.0. The van der Waals surface area contributed by atoms with Gasteiger partial charge in [-0.1, -0.05) is 6.08 Å². The van der Waals surface area contributed by atoms with Crippen LogP contribution in [-0.4, -0.2) is 29.7 Å². The van der Waals surface area contributed by atoms with Crippen LogP contribution in [0.1, 0.15) is 27.0 Å². The highest BCUT2D eigenvalue weighted by molar-refractivity contribution is 7.98. The van der Waals surface area contributed by atoms with Crippen LogP contribution in [0, 0.1) is 13.8 Å². The molecule has 2 aromatic carbocycles. The van der Waals surface area contributed by atoms with E-state index in [0.29, 0.717) is 11.3 Å². The third kappa shape index (κ3) is 5.22. The third-order valence-electron chi connectivity index (χ3n) is 3.62. The SMILES string of the molecule is CSc1ccc(C(=O)C=Cc2cc(C)c(OCC(=O)O)c(C)c2)cc1. The van der Waals surface area contributed by atoms with E-state index >= 15 is 0 Å². The average Bonchev–Trinajstić information content (AvgIpc) is 2.58. The molecule has 0 aliphatic carbocycles. The number of carboxylic acids is 1. The molecule has 130 valence electrons. The monoisotopic (exact) mass is 356 g/mol. The van der Waals surface area contributed by atoms with Gasteiger partial charge in [0.1, 0.15) is 5.75 Å². The first-order chi connectivity index (χ1) is 11.9. The van der Waals surface area contributed by atoms with Crippen LogP contribution in [-0.2, 0) is 4.79 Å². The van der Waals surface area contributed by atoms with Gasteiger partial charge >= 0.3 is 5.97 Å². The molecular formula is C20H20O4S. The Bertz CT molecular complexity index is 784. The van der Waals surface area contributed by atoms with Crippen LogP contribution in [0.25, 0.3) is 6.08 Å². The van der Waals surface area contributed by atoms with Crippen LogP contribution < -0.4 is 4.74 Å². The maximum Gasteiger partial charge on any atom is 0.341 e. The topological polar surface area (TPSA) is 63.6 Å². The maximum absolute atomic E-state index is 12.2. The van der Waals surface area contributed by atoms with Gasteiger partial charge in [0.2, 0.25) is 0 Å². The van der Waals surface area contributed by atoms with Crippen LogP contribution in [0.2, 0.25) is 0 Å². The first kappa shape index (κ1) is 18.8. The van der Waals surface area contributed by atoms with Crippen molar-refractivity contribution in [3.8, 4) is 5.75 Å². The molecule has 0 atom stereocenters. The van der Waals surface area contributed by atoms with Gasteiger partial charge in [-0.25, -0.2) is 4.79 Å². The summed E-state index contributed by atoms with van der Waals surface area (Å²) >= 11 is 1.63. The third-order valence-corrected chi connectivity index (χ3v) is 4.37. The molecule has 0 aliphatic heterocycles. The van der Waals surface area contributed by atoms with E-state index in [9.17, 15) is 9.59 Å². The Morgan fingerprint density at radius 1 is 1.12 bits per heavy atom. The number of hydrogen-bond donors (Lipinski definition) is 1. The van der Waals surface area contributed by atoms with E-state index < -0.39 is 5.97 Å². The molecule has 2 aromatic rings. The van der Waals surface area contributed by atoms with Crippen LogP contribution in [0.5, 0.6) is 5.75 Å². The molecule has 1 N–H and O–H groups in total. The Kier molecular flexibility index (Phi) is 6.42. The summed E-state index contributed by atoms with van der Waals surface area (Å²) in [6.07, 6.45) is 5.29. The quantitative estimate of drug-likeness (QED) is 0.453. The predicted molar refractivity (Wildman–Crippen MR) is 101 cm³/mol. The smallest absolute Gasteiger partial charge is 0.341 e. The largest absolute Gasteiger partial charge is 0.481 e. The highest BCUT2D eigenvalue weighted by atomic mass is 32.2. The van der Waals surface area contributed by atoms with Gasteiger partial charge in [-0.2, -0.15) is 0 Å². The summed E-state index contributed by atoms with van der Waals surface area (Å²) in [6, 6.07) is 11.2. The molecule has 4 nitrogen and oxygen atoms in total. The molecule has 0 amide bonds. The first-order valence-corrected chi connectivity index (χ1v) is 8.95. The number of carbonyl (C=O) groups is 2. The highest BCUT2D eigenvalue weighted by Gasteiger charge is 2.08. The summed E-state index contributed by atoms with van der Waals surface area (Å²) in [6.45, 7) is 3.33. The van der Waals surface area contributed by atoms with Gasteiger partial charge in [0.05, 0.1) is 0 Å². The second-order valence-corrected chi connectivity index (χ2v) is 6.47. The van der Waals surface area contributed by atoms with E-state index in [2.05, 4.69) is 0 Å². The second kappa shape index (κ2) is 8.53. The summed E-state index contributed by atoms with van der Waals surface area (Å²) in [4.78, 5) is 24.0. The summed E-state index contributed by atoms with van der Waals surface area (Å²) < 4.78 is 5.31. The molecule has 0 heterocycles. The number of carbonyl (C=O) groups excluding carboxylic acids is 1. The van der Waals surface area contributed by atoms with E-state index in [1.54, 1.807) is 23.9 Å². The minimum Gasteiger partial charge on any atom is -0.481 e. The Morgan fingerprint density at radius 3 is 2.24 bits per heavy atom. The standard InChI is InChI=1S/C20H20O4S/c1-13-10-15(11-14(2)20(13)24-12-19(22)23)4-9-18(21)16-5-7-17(25-3)8-6-16/h4-11H,12H2,1-3H3,(H,22,23). The minimum absolute atomic E-state index is 0.0610. The van der Waals surface area contributed by atoms with Crippen molar-refractivity contribution in [2.45, 2.75) is 18.7 Å². The molecule has 25 heavy (non-hydrogen) atoms. The molecule has 2 rings (SSSR count). The van der Waals surface area contributed by atoms with E-state index in [0.717, 1.165) is 21.6 Å². The minimum atomic E-state index is -1.01. The summed E-state index contributed by atoms with van der Waals surface area (Å²) in [5.74, 6) is -0.506. The van der Waals surface area contributed by atoms with Crippen molar-refractivity contribution in [3.63, 3.8) is 0 Å².